The molecule has 0 bridgehead atoms. The molecule has 2 nitrogen and oxygen atoms in total. The maximum atomic E-state index is 5.17. The molecule has 0 atom stereocenters. The number of rotatable bonds is 5. The highest BCUT2D eigenvalue weighted by atomic mass is 14.9. The van der Waals surface area contributed by atoms with Crippen molar-refractivity contribution in [1.29, 1.82) is 0 Å². The van der Waals surface area contributed by atoms with Gasteiger partial charge in [0, 0.05) is 22.1 Å². The van der Waals surface area contributed by atoms with Gasteiger partial charge in [0.25, 0.3) is 0 Å². The lowest BCUT2D eigenvalue weighted by molar-refractivity contribution is 0.661. The van der Waals surface area contributed by atoms with Crippen LogP contribution in [-0.4, -0.2) is 9.97 Å². The molecule has 0 radical (unpaired) electrons. The molecule has 0 unspecified atom stereocenters. The molecular weight excluding hydrogens is 641 g/mol. The van der Waals surface area contributed by atoms with Gasteiger partial charge in [-0.25, -0.2) is 9.97 Å². The third kappa shape index (κ3) is 5.18. The highest BCUT2D eigenvalue weighted by Crippen LogP contribution is 2.52. The minimum atomic E-state index is -0.0536. The van der Waals surface area contributed by atoms with Gasteiger partial charge in [-0.2, -0.15) is 0 Å². The summed E-state index contributed by atoms with van der Waals surface area (Å²) in [7, 11) is 0. The van der Waals surface area contributed by atoms with E-state index in [2.05, 4.69) is 184 Å². The molecule has 1 heterocycles. The number of hydrogen-bond donors (Lipinski definition) is 0. The van der Waals surface area contributed by atoms with Crippen molar-refractivity contribution in [3.05, 3.63) is 193 Å². The lowest BCUT2D eigenvalue weighted by Gasteiger charge is -2.21. The van der Waals surface area contributed by atoms with Gasteiger partial charge in [-0.3, -0.25) is 0 Å². The molecule has 1 aromatic heterocycles. The Morgan fingerprint density at radius 2 is 0.906 bits per heavy atom. The summed E-state index contributed by atoms with van der Waals surface area (Å²) in [5.41, 5.74) is 15.2. The minimum absolute atomic E-state index is 0.0536. The third-order valence-electron chi connectivity index (χ3n) is 11.1. The number of fused-ring (bicyclic) bond motifs is 6. The van der Waals surface area contributed by atoms with Gasteiger partial charge in [0.05, 0.1) is 11.4 Å². The second-order valence-corrected chi connectivity index (χ2v) is 14.6. The van der Waals surface area contributed by atoms with Crippen molar-refractivity contribution < 1.29 is 0 Å². The second-order valence-electron chi connectivity index (χ2n) is 14.6. The maximum absolute atomic E-state index is 5.17. The minimum Gasteiger partial charge on any atom is -0.228 e. The zero-order valence-electron chi connectivity index (χ0n) is 29.7. The molecular formula is C51H36N2. The molecule has 250 valence electrons. The number of benzene rings is 8. The van der Waals surface area contributed by atoms with Crippen molar-refractivity contribution >= 4 is 21.5 Å². The van der Waals surface area contributed by atoms with E-state index >= 15 is 0 Å². The summed E-state index contributed by atoms with van der Waals surface area (Å²) in [4.78, 5) is 10.3. The fraction of sp³-hybridized carbons (Fsp3) is 0.0588. The van der Waals surface area contributed by atoms with Crippen LogP contribution in [0.5, 0.6) is 0 Å². The van der Waals surface area contributed by atoms with Crippen LogP contribution in [-0.2, 0) is 5.41 Å². The summed E-state index contributed by atoms with van der Waals surface area (Å²) in [6.45, 7) is 4.71. The van der Waals surface area contributed by atoms with E-state index in [-0.39, 0.29) is 5.41 Å². The Labute approximate surface area is 310 Å². The van der Waals surface area contributed by atoms with E-state index in [4.69, 9.17) is 9.97 Å². The molecule has 0 saturated carbocycles. The predicted octanol–water partition coefficient (Wildman–Crippen LogP) is 13.4. The predicted molar refractivity (Wildman–Crippen MR) is 222 cm³/mol. The van der Waals surface area contributed by atoms with Crippen molar-refractivity contribution in [2.45, 2.75) is 19.3 Å². The standard InChI is InChI=1S/C51H36N2/c1-51(2)45-28-25-37(31-44(45)49-40-21-10-9-14-33(40)24-29-46(49)51)36-19-13-20-38(30-36)39-26-27-43(42-23-12-11-22-41(39)42)50-52-47(34-15-5-3-6-16-34)32-48(53-50)35-17-7-4-8-18-35/h3-32H,1-2H3. The average Bonchev–Trinajstić information content (AvgIpc) is 3.46. The van der Waals surface area contributed by atoms with Crippen LogP contribution in [0.3, 0.4) is 0 Å². The Morgan fingerprint density at radius 3 is 1.62 bits per heavy atom. The first-order chi connectivity index (χ1) is 26.0. The smallest absolute Gasteiger partial charge is 0.161 e. The van der Waals surface area contributed by atoms with Crippen LogP contribution in [0.25, 0.3) is 88.8 Å². The van der Waals surface area contributed by atoms with Crippen LogP contribution < -0.4 is 0 Å². The van der Waals surface area contributed by atoms with E-state index in [1.54, 1.807) is 0 Å². The second kappa shape index (κ2) is 12.3. The molecule has 0 amide bonds. The van der Waals surface area contributed by atoms with Gasteiger partial charge in [-0.15, -0.1) is 0 Å². The normalized spacial score (nSPS) is 12.9. The van der Waals surface area contributed by atoms with Gasteiger partial charge in [0.2, 0.25) is 0 Å². The lowest BCUT2D eigenvalue weighted by atomic mass is 9.82. The van der Waals surface area contributed by atoms with Crippen LogP contribution in [0.4, 0.5) is 0 Å². The van der Waals surface area contributed by atoms with Gasteiger partial charge in [-0.05, 0) is 90.3 Å². The monoisotopic (exact) mass is 676 g/mol. The van der Waals surface area contributed by atoms with Crippen LogP contribution in [0.2, 0.25) is 0 Å². The summed E-state index contributed by atoms with van der Waals surface area (Å²) < 4.78 is 0. The summed E-state index contributed by atoms with van der Waals surface area (Å²) in [5, 5.41) is 4.91. The molecule has 1 aliphatic rings. The van der Waals surface area contributed by atoms with Crippen molar-refractivity contribution in [2.24, 2.45) is 0 Å². The average molecular weight is 677 g/mol. The summed E-state index contributed by atoms with van der Waals surface area (Å²) in [5.74, 6) is 0.718. The van der Waals surface area contributed by atoms with E-state index in [1.165, 1.54) is 60.7 Å². The molecule has 8 aromatic carbocycles. The fourth-order valence-corrected chi connectivity index (χ4v) is 8.40. The van der Waals surface area contributed by atoms with Crippen LogP contribution in [0.15, 0.2) is 182 Å². The van der Waals surface area contributed by atoms with E-state index in [1.807, 2.05) is 12.1 Å². The van der Waals surface area contributed by atoms with Crippen molar-refractivity contribution in [2.75, 3.05) is 0 Å². The maximum Gasteiger partial charge on any atom is 0.161 e. The zero-order chi connectivity index (χ0) is 35.5. The van der Waals surface area contributed by atoms with Gasteiger partial charge < -0.3 is 0 Å². The molecule has 1 aliphatic carbocycles. The highest BCUT2D eigenvalue weighted by Gasteiger charge is 2.36. The quantitative estimate of drug-likeness (QED) is 0.181. The molecule has 0 aliphatic heterocycles. The highest BCUT2D eigenvalue weighted by molar-refractivity contribution is 6.05. The van der Waals surface area contributed by atoms with Crippen molar-refractivity contribution in [1.82, 2.24) is 9.97 Å². The largest absolute Gasteiger partial charge is 0.228 e. The van der Waals surface area contributed by atoms with Gasteiger partial charge in [0.1, 0.15) is 0 Å². The number of hydrogen-bond acceptors (Lipinski definition) is 2. The Balaban J connectivity index is 1.09. The van der Waals surface area contributed by atoms with Crippen LogP contribution >= 0.6 is 0 Å². The molecule has 0 spiro atoms. The van der Waals surface area contributed by atoms with Gasteiger partial charge in [-0.1, -0.05) is 172 Å². The number of aromatic nitrogens is 2. The first-order valence-corrected chi connectivity index (χ1v) is 18.3. The van der Waals surface area contributed by atoms with E-state index in [0.717, 1.165) is 39.3 Å². The fourth-order valence-electron chi connectivity index (χ4n) is 8.40. The molecule has 0 saturated heterocycles. The molecule has 9 aromatic rings. The van der Waals surface area contributed by atoms with E-state index in [0.29, 0.717) is 0 Å². The topological polar surface area (TPSA) is 25.8 Å². The Kier molecular flexibility index (Phi) is 7.19. The zero-order valence-corrected chi connectivity index (χ0v) is 29.7. The first kappa shape index (κ1) is 31.1. The molecule has 0 fully saturated rings. The van der Waals surface area contributed by atoms with Crippen LogP contribution in [0.1, 0.15) is 25.0 Å². The van der Waals surface area contributed by atoms with Gasteiger partial charge in [0.15, 0.2) is 5.82 Å². The molecule has 53 heavy (non-hydrogen) atoms. The van der Waals surface area contributed by atoms with E-state index in [9.17, 15) is 0 Å². The van der Waals surface area contributed by atoms with Crippen molar-refractivity contribution in [3.8, 4) is 67.3 Å². The van der Waals surface area contributed by atoms with Crippen LogP contribution in [0, 0.1) is 0 Å². The number of nitrogens with zero attached hydrogens (tertiary/aromatic N) is 2. The van der Waals surface area contributed by atoms with Crippen molar-refractivity contribution in [3.63, 3.8) is 0 Å². The van der Waals surface area contributed by atoms with Gasteiger partial charge >= 0.3 is 0 Å². The summed E-state index contributed by atoms with van der Waals surface area (Å²) >= 11 is 0. The SMILES string of the molecule is CC1(C)c2ccc(-c3cccc(-c4ccc(-c5nc(-c6ccccc6)cc(-c6ccccc6)n5)c5ccccc45)c3)cc2-c2c1ccc1ccccc21. The molecule has 0 N–H and O–H groups in total. The molecule has 10 rings (SSSR count). The molecule has 2 heteroatoms. The third-order valence-corrected chi connectivity index (χ3v) is 11.1. The van der Waals surface area contributed by atoms with E-state index < -0.39 is 0 Å². The Morgan fingerprint density at radius 1 is 0.358 bits per heavy atom. The summed E-state index contributed by atoms with van der Waals surface area (Å²) in [6.07, 6.45) is 0. The first-order valence-electron chi connectivity index (χ1n) is 18.3. The lowest BCUT2D eigenvalue weighted by Crippen LogP contribution is -2.14. The Hall–Kier alpha value is -6.64. The summed E-state index contributed by atoms with van der Waals surface area (Å²) in [6, 6.07) is 65.4. The Bertz CT molecular complexity index is 2790.